The fourth-order valence-corrected chi connectivity index (χ4v) is 2.07. The Kier molecular flexibility index (Phi) is 5.62. The summed E-state index contributed by atoms with van der Waals surface area (Å²) < 4.78 is 0. The van der Waals surface area contributed by atoms with Gasteiger partial charge >= 0.3 is 5.97 Å². The summed E-state index contributed by atoms with van der Waals surface area (Å²) in [5, 5.41) is 22.6. The zero-order chi connectivity index (χ0) is 17.0. The number of carboxylic acids is 1. The first-order valence-corrected chi connectivity index (χ1v) is 6.97. The number of hydrogen-bond donors (Lipinski definition) is 2. The minimum absolute atomic E-state index is 0.0556. The molecule has 0 unspecified atom stereocenters. The Morgan fingerprint density at radius 1 is 1.23 bits per heavy atom. The van der Waals surface area contributed by atoms with Crippen LogP contribution in [-0.4, -0.2) is 27.9 Å². The van der Waals surface area contributed by atoms with Crippen molar-refractivity contribution in [2.45, 2.75) is 39.7 Å². The quantitative estimate of drug-likeness (QED) is 0.620. The van der Waals surface area contributed by atoms with Crippen molar-refractivity contribution in [3.8, 4) is 0 Å². The lowest BCUT2D eigenvalue weighted by Gasteiger charge is -2.18. The number of benzene rings is 1. The zero-order valence-electron chi connectivity index (χ0n) is 13.0. The van der Waals surface area contributed by atoms with Gasteiger partial charge in [-0.1, -0.05) is 33.8 Å². The number of aliphatic carboxylic acids is 1. The van der Waals surface area contributed by atoms with Gasteiger partial charge < -0.3 is 10.4 Å². The number of carbonyl (C=O) groups is 2. The van der Waals surface area contributed by atoms with Gasteiger partial charge in [0, 0.05) is 17.2 Å². The molecule has 1 aromatic rings. The highest BCUT2D eigenvalue weighted by molar-refractivity contribution is 5.97. The second kappa shape index (κ2) is 7.02. The summed E-state index contributed by atoms with van der Waals surface area (Å²) in [7, 11) is 0. The Morgan fingerprint density at radius 3 is 2.23 bits per heavy atom. The molecule has 0 bridgehead atoms. The molecule has 1 amide bonds. The Labute approximate surface area is 128 Å². The third-order valence-electron chi connectivity index (χ3n) is 3.33. The molecule has 7 nitrogen and oxygen atoms in total. The molecule has 0 spiro atoms. The molecule has 0 aliphatic carbocycles. The normalized spacial score (nSPS) is 12.3. The summed E-state index contributed by atoms with van der Waals surface area (Å²) in [4.78, 5) is 33.8. The van der Waals surface area contributed by atoms with Crippen molar-refractivity contribution in [2.24, 2.45) is 5.92 Å². The molecular weight excluding hydrogens is 288 g/mol. The summed E-state index contributed by atoms with van der Waals surface area (Å²) in [5.74, 6) is -2.14. The molecule has 0 aliphatic heterocycles. The molecule has 0 saturated carbocycles. The lowest BCUT2D eigenvalue weighted by molar-refractivity contribution is -0.385. The minimum atomic E-state index is -1.14. The van der Waals surface area contributed by atoms with Crippen LogP contribution in [0.25, 0.3) is 0 Å². The monoisotopic (exact) mass is 308 g/mol. The SMILES string of the molecule is CC(C)c1ccc(C(=O)N[C@H](C(=O)O)C(C)C)cc1[N+](=O)[O-]. The first-order valence-electron chi connectivity index (χ1n) is 6.97. The van der Waals surface area contributed by atoms with Gasteiger partial charge in [0.1, 0.15) is 6.04 Å². The first kappa shape index (κ1) is 17.6. The van der Waals surface area contributed by atoms with Crippen molar-refractivity contribution < 1.29 is 19.6 Å². The predicted molar refractivity (Wildman–Crippen MR) is 80.9 cm³/mol. The van der Waals surface area contributed by atoms with Crippen molar-refractivity contribution in [1.82, 2.24) is 5.32 Å². The second-order valence-electron chi connectivity index (χ2n) is 5.72. The molecule has 22 heavy (non-hydrogen) atoms. The fraction of sp³-hybridized carbons (Fsp3) is 0.467. The third-order valence-corrected chi connectivity index (χ3v) is 3.33. The molecule has 0 heterocycles. The molecule has 0 aromatic heterocycles. The standard InChI is InChI=1S/C15H20N2O5/c1-8(2)11-6-5-10(7-12(11)17(21)22)14(18)16-13(9(3)4)15(19)20/h5-9,13H,1-4H3,(H,16,18)(H,19,20)/t13-/m0/s1. The highest BCUT2D eigenvalue weighted by Crippen LogP contribution is 2.27. The van der Waals surface area contributed by atoms with Crippen molar-refractivity contribution >= 4 is 17.6 Å². The van der Waals surface area contributed by atoms with Crippen LogP contribution in [0.4, 0.5) is 5.69 Å². The van der Waals surface area contributed by atoms with E-state index >= 15 is 0 Å². The van der Waals surface area contributed by atoms with E-state index in [2.05, 4.69) is 5.32 Å². The molecule has 0 aliphatic rings. The van der Waals surface area contributed by atoms with E-state index in [1.54, 1.807) is 13.8 Å². The first-order chi connectivity index (χ1) is 10.1. The van der Waals surface area contributed by atoms with Gasteiger partial charge in [-0.2, -0.15) is 0 Å². The molecule has 1 aromatic carbocycles. The van der Waals surface area contributed by atoms with Gasteiger partial charge in [0.05, 0.1) is 4.92 Å². The van der Waals surface area contributed by atoms with Gasteiger partial charge in [-0.25, -0.2) is 4.79 Å². The van der Waals surface area contributed by atoms with E-state index in [9.17, 15) is 19.7 Å². The van der Waals surface area contributed by atoms with Crippen LogP contribution in [0.3, 0.4) is 0 Å². The van der Waals surface area contributed by atoms with Crippen LogP contribution >= 0.6 is 0 Å². The molecule has 1 rings (SSSR count). The second-order valence-corrected chi connectivity index (χ2v) is 5.72. The van der Waals surface area contributed by atoms with E-state index in [0.29, 0.717) is 5.56 Å². The molecular formula is C15H20N2O5. The molecule has 0 fully saturated rings. The number of nitro groups is 1. The maximum absolute atomic E-state index is 12.1. The lowest BCUT2D eigenvalue weighted by atomic mass is 9.98. The highest BCUT2D eigenvalue weighted by Gasteiger charge is 2.25. The van der Waals surface area contributed by atoms with E-state index in [-0.39, 0.29) is 23.1 Å². The van der Waals surface area contributed by atoms with Crippen molar-refractivity contribution in [2.75, 3.05) is 0 Å². The molecule has 1 atom stereocenters. The van der Waals surface area contributed by atoms with Crippen LogP contribution in [0.2, 0.25) is 0 Å². The number of nitrogens with zero attached hydrogens (tertiary/aromatic N) is 1. The van der Waals surface area contributed by atoms with Gasteiger partial charge in [-0.15, -0.1) is 0 Å². The van der Waals surface area contributed by atoms with Crippen LogP contribution in [0.15, 0.2) is 18.2 Å². The molecule has 7 heteroatoms. The van der Waals surface area contributed by atoms with Crippen LogP contribution in [-0.2, 0) is 4.79 Å². The number of carbonyl (C=O) groups excluding carboxylic acids is 1. The molecule has 0 saturated heterocycles. The number of nitro benzene ring substituents is 1. The van der Waals surface area contributed by atoms with Crippen LogP contribution in [0.1, 0.15) is 49.5 Å². The summed E-state index contributed by atoms with van der Waals surface area (Å²) in [6, 6.07) is 3.14. The Balaban J connectivity index is 3.11. The van der Waals surface area contributed by atoms with Crippen molar-refractivity contribution in [1.29, 1.82) is 0 Å². The minimum Gasteiger partial charge on any atom is -0.480 e. The van der Waals surface area contributed by atoms with Gasteiger partial charge in [-0.05, 0) is 17.9 Å². The van der Waals surface area contributed by atoms with Gasteiger partial charge in [0.2, 0.25) is 0 Å². The molecule has 2 N–H and O–H groups in total. The Hall–Kier alpha value is -2.44. The van der Waals surface area contributed by atoms with Crippen LogP contribution < -0.4 is 5.32 Å². The summed E-state index contributed by atoms with van der Waals surface area (Å²) in [5.41, 5.74) is 0.460. The number of amides is 1. The van der Waals surface area contributed by atoms with Crippen molar-refractivity contribution in [3.05, 3.63) is 39.4 Å². The molecule has 0 radical (unpaired) electrons. The Bertz CT molecular complexity index is 596. The smallest absolute Gasteiger partial charge is 0.326 e. The zero-order valence-corrected chi connectivity index (χ0v) is 13.0. The molecule has 120 valence electrons. The third kappa shape index (κ3) is 4.03. The van der Waals surface area contributed by atoms with E-state index < -0.39 is 22.8 Å². The van der Waals surface area contributed by atoms with E-state index in [1.807, 2.05) is 13.8 Å². The van der Waals surface area contributed by atoms with Gasteiger partial charge in [0.15, 0.2) is 0 Å². The summed E-state index contributed by atoms with van der Waals surface area (Å²) in [6.07, 6.45) is 0. The summed E-state index contributed by atoms with van der Waals surface area (Å²) >= 11 is 0. The van der Waals surface area contributed by atoms with Gasteiger partial charge in [-0.3, -0.25) is 14.9 Å². The van der Waals surface area contributed by atoms with E-state index in [1.165, 1.54) is 18.2 Å². The van der Waals surface area contributed by atoms with Crippen LogP contribution in [0, 0.1) is 16.0 Å². The maximum Gasteiger partial charge on any atom is 0.326 e. The average molecular weight is 308 g/mol. The number of nitrogens with one attached hydrogen (secondary N) is 1. The average Bonchev–Trinajstić information content (AvgIpc) is 2.42. The number of carboxylic acid groups (broad SMARTS) is 1. The number of rotatable bonds is 6. The lowest BCUT2D eigenvalue weighted by Crippen LogP contribution is -2.44. The largest absolute Gasteiger partial charge is 0.480 e. The van der Waals surface area contributed by atoms with E-state index in [0.717, 1.165) is 0 Å². The topological polar surface area (TPSA) is 110 Å². The Morgan fingerprint density at radius 2 is 1.82 bits per heavy atom. The van der Waals surface area contributed by atoms with E-state index in [4.69, 9.17) is 5.11 Å². The predicted octanol–water partition coefficient (Wildman–Crippen LogP) is 2.56. The number of hydrogen-bond acceptors (Lipinski definition) is 4. The maximum atomic E-state index is 12.1. The van der Waals surface area contributed by atoms with Crippen molar-refractivity contribution in [3.63, 3.8) is 0 Å². The van der Waals surface area contributed by atoms with Crippen LogP contribution in [0.5, 0.6) is 0 Å². The fourth-order valence-electron chi connectivity index (χ4n) is 2.07. The van der Waals surface area contributed by atoms with Gasteiger partial charge in [0.25, 0.3) is 11.6 Å². The highest BCUT2D eigenvalue weighted by atomic mass is 16.6. The summed E-state index contributed by atoms with van der Waals surface area (Å²) in [6.45, 7) is 6.98.